The van der Waals surface area contributed by atoms with Gasteiger partial charge in [-0.15, -0.1) is 11.6 Å². The summed E-state index contributed by atoms with van der Waals surface area (Å²) in [6, 6.07) is 11.9. The van der Waals surface area contributed by atoms with Crippen molar-refractivity contribution < 1.29 is 9.18 Å². The first kappa shape index (κ1) is 14.1. The van der Waals surface area contributed by atoms with E-state index in [4.69, 9.17) is 11.6 Å². The molecule has 1 N–H and O–H groups in total. The molecule has 108 valence electrons. The van der Waals surface area contributed by atoms with E-state index in [1.54, 1.807) is 13.0 Å². The Morgan fingerprint density at radius 1 is 1.29 bits per heavy atom. The highest BCUT2D eigenvalue weighted by molar-refractivity contribution is 6.21. The first-order valence-corrected chi connectivity index (χ1v) is 7.29. The summed E-state index contributed by atoms with van der Waals surface area (Å²) in [4.78, 5) is 12.4. The second-order valence-corrected chi connectivity index (χ2v) is 5.89. The van der Waals surface area contributed by atoms with Crippen molar-refractivity contribution in [1.29, 1.82) is 0 Å². The first-order chi connectivity index (χ1) is 10.1. The fourth-order valence-electron chi connectivity index (χ4n) is 2.77. The van der Waals surface area contributed by atoms with Gasteiger partial charge in [0.15, 0.2) is 0 Å². The van der Waals surface area contributed by atoms with Crippen LogP contribution in [0.1, 0.15) is 33.1 Å². The van der Waals surface area contributed by atoms with E-state index in [1.165, 1.54) is 12.1 Å². The van der Waals surface area contributed by atoms with Gasteiger partial charge in [-0.3, -0.25) is 4.79 Å². The molecule has 0 saturated heterocycles. The van der Waals surface area contributed by atoms with Crippen LogP contribution in [-0.2, 0) is 6.42 Å². The number of benzene rings is 2. The van der Waals surface area contributed by atoms with E-state index in [-0.39, 0.29) is 17.3 Å². The summed E-state index contributed by atoms with van der Waals surface area (Å²) in [7, 11) is 0. The van der Waals surface area contributed by atoms with Gasteiger partial charge in [-0.25, -0.2) is 4.39 Å². The minimum Gasteiger partial charge on any atom is -0.344 e. The summed E-state index contributed by atoms with van der Waals surface area (Å²) >= 11 is 6.36. The van der Waals surface area contributed by atoms with Gasteiger partial charge >= 0.3 is 0 Å². The summed E-state index contributed by atoms with van der Waals surface area (Å²) < 4.78 is 13.3. The molecule has 2 aromatic carbocycles. The molecule has 0 saturated carbocycles. The van der Waals surface area contributed by atoms with Crippen molar-refractivity contribution >= 4 is 17.5 Å². The van der Waals surface area contributed by atoms with Gasteiger partial charge in [-0.1, -0.05) is 30.3 Å². The maximum absolute atomic E-state index is 13.3. The minimum absolute atomic E-state index is 0.180. The SMILES string of the molecule is Cc1ccc(F)cc1C(=O)NC1c2ccccc2CC1Cl. The Morgan fingerprint density at radius 3 is 2.86 bits per heavy atom. The lowest BCUT2D eigenvalue weighted by molar-refractivity contribution is 0.0936. The third kappa shape index (κ3) is 2.66. The minimum atomic E-state index is -0.417. The van der Waals surface area contributed by atoms with Crippen molar-refractivity contribution in [3.05, 3.63) is 70.5 Å². The summed E-state index contributed by atoms with van der Waals surface area (Å²) in [5.41, 5.74) is 3.29. The highest BCUT2D eigenvalue weighted by atomic mass is 35.5. The molecule has 2 unspecified atom stereocenters. The molecular formula is C17H15ClFNO. The second kappa shape index (κ2) is 5.49. The number of carbonyl (C=O) groups is 1. The van der Waals surface area contributed by atoms with Gasteiger partial charge in [-0.05, 0) is 42.2 Å². The van der Waals surface area contributed by atoms with Crippen molar-refractivity contribution in [3.8, 4) is 0 Å². The Hall–Kier alpha value is -1.87. The van der Waals surface area contributed by atoms with Gasteiger partial charge in [0.2, 0.25) is 0 Å². The van der Waals surface area contributed by atoms with E-state index in [9.17, 15) is 9.18 Å². The van der Waals surface area contributed by atoms with Crippen LogP contribution in [0.2, 0.25) is 0 Å². The quantitative estimate of drug-likeness (QED) is 0.841. The molecule has 21 heavy (non-hydrogen) atoms. The number of aryl methyl sites for hydroxylation is 1. The Kier molecular flexibility index (Phi) is 3.68. The molecule has 1 aliphatic carbocycles. The Balaban J connectivity index is 1.87. The molecule has 0 heterocycles. The van der Waals surface area contributed by atoms with Crippen LogP contribution >= 0.6 is 11.6 Å². The van der Waals surface area contributed by atoms with Crippen molar-refractivity contribution in [2.45, 2.75) is 24.8 Å². The molecule has 4 heteroatoms. The average molecular weight is 304 g/mol. The third-order valence-corrected chi connectivity index (χ3v) is 4.30. The van der Waals surface area contributed by atoms with Crippen LogP contribution in [-0.4, -0.2) is 11.3 Å². The third-order valence-electron chi connectivity index (χ3n) is 3.90. The van der Waals surface area contributed by atoms with Gasteiger partial charge < -0.3 is 5.32 Å². The number of nitrogens with one attached hydrogen (secondary N) is 1. The Bertz CT molecular complexity index is 701. The summed E-state index contributed by atoms with van der Waals surface area (Å²) in [5.74, 6) is -0.709. The lowest BCUT2D eigenvalue weighted by atomic mass is 10.1. The van der Waals surface area contributed by atoms with E-state index < -0.39 is 5.82 Å². The zero-order valence-electron chi connectivity index (χ0n) is 11.6. The van der Waals surface area contributed by atoms with E-state index >= 15 is 0 Å². The van der Waals surface area contributed by atoms with Crippen LogP contribution in [0.5, 0.6) is 0 Å². The van der Waals surface area contributed by atoms with E-state index in [2.05, 4.69) is 5.32 Å². The van der Waals surface area contributed by atoms with Crippen molar-refractivity contribution in [3.63, 3.8) is 0 Å². The molecule has 0 radical (unpaired) electrons. The highest BCUT2D eigenvalue weighted by Gasteiger charge is 2.32. The molecular weight excluding hydrogens is 289 g/mol. The van der Waals surface area contributed by atoms with Gasteiger partial charge in [0.1, 0.15) is 5.82 Å². The van der Waals surface area contributed by atoms with E-state index in [0.717, 1.165) is 23.1 Å². The Labute approximate surface area is 127 Å². The van der Waals surface area contributed by atoms with Crippen LogP contribution in [0.15, 0.2) is 42.5 Å². The molecule has 1 aliphatic rings. The number of carbonyl (C=O) groups excluding carboxylic acids is 1. The maximum Gasteiger partial charge on any atom is 0.252 e. The van der Waals surface area contributed by atoms with Crippen LogP contribution < -0.4 is 5.32 Å². The average Bonchev–Trinajstić information content (AvgIpc) is 2.78. The zero-order valence-corrected chi connectivity index (χ0v) is 12.3. The fraction of sp³-hybridized carbons (Fsp3) is 0.235. The standard InChI is InChI=1S/C17H15ClFNO/c1-10-6-7-12(19)9-14(10)17(21)20-16-13-5-3-2-4-11(13)8-15(16)18/h2-7,9,15-16H,8H2,1H3,(H,20,21). The number of amides is 1. The fourth-order valence-corrected chi connectivity index (χ4v) is 3.14. The van der Waals surface area contributed by atoms with Gasteiger partial charge in [0, 0.05) is 5.56 Å². The highest BCUT2D eigenvalue weighted by Crippen LogP contribution is 2.34. The Morgan fingerprint density at radius 2 is 2.05 bits per heavy atom. The van der Waals surface area contributed by atoms with Crippen LogP contribution in [0, 0.1) is 12.7 Å². The number of hydrogen-bond acceptors (Lipinski definition) is 1. The summed E-state index contributed by atoms with van der Waals surface area (Å²) in [6.45, 7) is 1.79. The van der Waals surface area contributed by atoms with Crippen LogP contribution in [0.25, 0.3) is 0 Å². The first-order valence-electron chi connectivity index (χ1n) is 6.85. The topological polar surface area (TPSA) is 29.1 Å². The lowest BCUT2D eigenvalue weighted by Crippen LogP contribution is -2.32. The molecule has 2 nitrogen and oxygen atoms in total. The molecule has 0 spiro atoms. The lowest BCUT2D eigenvalue weighted by Gasteiger charge is -2.18. The molecule has 3 rings (SSSR count). The molecule has 2 aromatic rings. The molecule has 1 amide bonds. The number of alkyl halides is 1. The van der Waals surface area contributed by atoms with Crippen LogP contribution in [0.3, 0.4) is 0 Å². The largest absolute Gasteiger partial charge is 0.344 e. The molecule has 0 aromatic heterocycles. The van der Waals surface area contributed by atoms with Gasteiger partial charge in [0.05, 0.1) is 11.4 Å². The predicted molar refractivity (Wildman–Crippen MR) is 81.1 cm³/mol. The number of hydrogen-bond donors (Lipinski definition) is 1. The summed E-state index contributed by atoms with van der Waals surface area (Å²) in [6.07, 6.45) is 0.727. The monoisotopic (exact) mass is 303 g/mol. The number of halogens is 2. The maximum atomic E-state index is 13.3. The van der Waals surface area contributed by atoms with Gasteiger partial charge in [0.25, 0.3) is 5.91 Å². The number of rotatable bonds is 2. The molecule has 0 bridgehead atoms. The van der Waals surface area contributed by atoms with Crippen molar-refractivity contribution in [1.82, 2.24) is 5.32 Å². The van der Waals surface area contributed by atoms with Crippen molar-refractivity contribution in [2.24, 2.45) is 0 Å². The second-order valence-electron chi connectivity index (χ2n) is 5.33. The van der Waals surface area contributed by atoms with Crippen molar-refractivity contribution in [2.75, 3.05) is 0 Å². The summed E-state index contributed by atoms with van der Waals surface area (Å²) in [5, 5.41) is 2.75. The van der Waals surface area contributed by atoms with Crippen LogP contribution in [0.4, 0.5) is 4.39 Å². The predicted octanol–water partition coefficient (Wildman–Crippen LogP) is 3.77. The zero-order chi connectivity index (χ0) is 15.0. The number of fused-ring (bicyclic) bond motifs is 1. The van der Waals surface area contributed by atoms with Gasteiger partial charge in [-0.2, -0.15) is 0 Å². The normalized spacial score (nSPS) is 20.1. The smallest absolute Gasteiger partial charge is 0.252 e. The van der Waals surface area contributed by atoms with E-state index in [0.29, 0.717) is 5.56 Å². The van der Waals surface area contributed by atoms with E-state index in [1.807, 2.05) is 24.3 Å². The molecule has 0 fully saturated rings. The molecule has 2 atom stereocenters. The molecule has 0 aliphatic heterocycles.